The molecular weight excluding hydrogens is 452 g/mol. The van der Waals surface area contributed by atoms with E-state index in [1.807, 2.05) is 0 Å². The Hall–Kier alpha value is -2.90. The van der Waals surface area contributed by atoms with Crippen LogP contribution in [-0.4, -0.2) is 13.3 Å². The van der Waals surface area contributed by atoms with Crippen LogP contribution in [0, 0.1) is 0 Å². The van der Waals surface area contributed by atoms with Gasteiger partial charge in [-0.3, -0.25) is 5.43 Å². The lowest BCUT2D eigenvalue weighted by Gasteiger charge is -2.12. The summed E-state index contributed by atoms with van der Waals surface area (Å²) in [5.74, 6) is 0.986. The van der Waals surface area contributed by atoms with Crippen LogP contribution in [0.5, 0.6) is 11.5 Å². The van der Waals surface area contributed by atoms with Crippen LogP contribution in [0.25, 0.3) is 0 Å². The third-order valence-corrected chi connectivity index (χ3v) is 4.90. The normalized spacial score (nSPS) is 11.5. The Morgan fingerprint density at radius 2 is 1.77 bits per heavy atom. The molecule has 3 aromatic rings. The van der Waals surface area contributed by atoms with Crippen molar-refractivity contribution in [2.24, 2.45) is 5.10 Å². The predicted molar refractivity (Wildman–Crippen MR) is 116 cm³/mol. The van der Waals surface area contributed by atoms with Crippen LogP contribution in [0.15, 0.2) is 65.8 Å². The van der Waals surface area contributed by atoms with Crippen molar-refractivity contribution in [3.63, 3.8) is 0 Å². The highest BCUT2D eigenvalue weighted by Gasteiger charge is 2.30. The monoisotopic (exact) mass is 468 g/mol. The van der Waals surface area contributed by atoms with Gasteiger partial charge in [-0.15, -0.1) is 0 Å². The molecule has 9 heteroatoms. The summed E-state index contributed by atoms with van der Waals surface area (Å²) in [5, 5.41) is 4.89. The number of hydrogen-bond donors (Lipinski definition) is 1. The number of halogens is 5. The molecule has 0 spiro atoms. The van der Waals surface area contributed by atoms with Gasteiger partial charge in [-0.1, -0.05) is 35.3 Å². The van der Waals surface area contributed by atoms with Gasteiger partial charge in [-0.25, -0.2) is 0 Å². The molecule has 0 heterocycles. The molecule has 0 aliphatic rings. The zero-order valence-corrected chi connectivity index (χ0v) is 17.7. The lowest BCUT2D eigenvalue weighted by molar-refractivity contribution is -0.137. The van der Waals surface area contributed by atoms with Crippen LogP contribution in [0.1, 0.15) is 16.7 Å². The number of benzene rings is 3. The second kappa shape index (κ2) is 9.94. The lowest BCUT2D eigenvalue weighted by Crippen LogP contribution is -2.05. The summed E-state index contributed by atoms with van der Waals surface area (Å²) in [4.78, 5) is 0. The first-order valence-electron chi connectivity index (χ1n) is 8.97. The Morgan fingerprint density at radius 3 is 2.48 bits per heavy atom. The Labute approximate surface area is 187 Å². The molecule has 0 radical (unpaired) electrons. The van der Waals surface area contributed by atoms with Crippen LogP contribution in [0.2, 0.25) is 10.0 Å². The van der Waals surface area contributed by atoms with Crippen molar-refractivity contribution < 1.29 is 22.6 Å². The number of anilines is 1. The smallest absolute Gasteiger partial charge is 0.416 e. The van der Waals surface area contributed by atoms with Gasteiger partial charge in [-0.2, -0.15) is 18.3 Å². The molecule has 0 aromatic heterocycles. The third kappa shape index (κ3) is 6.29. The maximum atomic E-state index is 12.8. The van der Waals surface area contributed by atoms with Crippen molar-refractivity contribution >= 4 is 35.1 Å². The van der Waals surface area contributed by atoms with Gasteiger partial charge in [0.2, 0.25) is 0 Å². The van der Waals surface area contributed by atoms with Crippen molar-refractivity contribution in [2.75, 3.05) is 12.5 Å². The summed E-state index contributed by atoms with van der Waals surface area (Å²) in [5.41, 5.74) is 3.56. The number of methoxy groups -OCH3 is 1. The number of nitrogens with one attached hydrogen (secondary N) is 1. The second-order valence-electron chi connectivity index (χ2n) is 6.40. The van der Waals surface area contributed by atoms with Crippen LogP contribution >= 0.6 is 23.2 Å². The van der Waals surface area contributed by atoms with E-state index in [1.54, 1.807) is 36.4 Å². The molecule has 0 unspecified atom stereocenters. The van der Waals surface area contributed by atoms with E-state index in [9.17, 15) is 13.2 Å². The largest absolute Gasteiger partial charge is 0.493 e. The Kier molecular flexibility index (Phi) is 7.30. The van der Waals surface area contributed by atoms with E-state index in [2.05, 4.69) is 10.5 Å². The highest BCUT2D eigenvalue weighted by atomic mass is 35.5. The molecule has 0 saturated heterocycles. The van der Waals surface area contributed by atoms with Crippen molar-refractivity contribution in [1.82, 2.24) is 0 Å². The van der Waals surface area contributed by atoms with Crippen molar-refractivity contribution in [1.29, 1.82) is 0 Å². The fraction of sp³-hybridized carbons (Fsp3) is 0.136. The van der Waals surface area contributed by atoms with E-state index in [1.165, 1.54) is 25.5 Å². The molecule has 162 valence electrons. The lowest BCUT2D eigenvalue weighted by atomic mass is 10.2. The van der Waals surface area contributed by atoms with Crippen molar-refractivity contribution in [3.8, 4) is 11.5 Å². The van der Waals surface area contributed by atoms with Crippen molar-refractivity contribution in [3.05, 3.63) is 87.4 Å². The second-order valence-corrected chi connectivity index (χ2v) is 7.21. The molecule has 1 N–H and O–H groups in total. The molecule has 0 aliphatic carbocycles. The van der Waals surface area contributed by atoms with Gasteiger partial charge in [0.1, 0.15) is 6.61 Å². The van der Waals surface area contributed by atoms with E-state index in [-0.39, 0.29) is 12.3 Å². The average molecular weight is 469 g/mol. The van der Waals surface area contributed by atoms with Gasteiger partial charge in [-0.05, 0) is 59.7 Å². The number of hydrogen-bond acceptors (Lipinski definition) is 4. The maximum Gasteiger partial charge on any atom is 0.416 e. The van der Waals surface area contributed by atoms with Crippen LogP contribution in [0.3, 0.4) is 0 Å². The zero-order valence-electron chi connectivity index (χ0n) is 16.2. The standard InChI is InChI=1S/C22H17Cl2F3N2O2/c1-30-21-10-14(12-28-29-17-4-2-3-16(11-17)22(25,26)27)6-8-20(21)31-13-15-5-7-18(23)19(24)9-15/h2-12,29H,13H2,1H3. The quantitative estimate of drug-likeness (QED) is 0.298. The Morgan fingerprint density at radius 1 is 0.968 bits per heavy atom. The summed E-state index contributed by atoms with van der Waals surface area (Å²) in [6.45, 7) is 0.262. The molecule has 0 saturated carbocycles. The minimum absolute atomic E-state index is 0.222. The number of nitrogens with zero attached hydrogens (tertiary/aromatic N) is 1. The number of alkyl halides is 3. The molecule has 0 amide bonds. The van der Waals surface area contributed by atoms with Gasteiger partial charge in [0.15, 0.2) is 11.5 Å². The number of hydrazone groups is 1. The maximum absolute atomic E-state index is 12.8. The molecular formula is C22H17Cl2F3N2O2. The fourth-order valence-corrected chi connectivity index (χ4v) is 2.94. The van der Waals surface area contributed by atoms with E-state index in [0.29, 0.717) is 27.1 Å². The highest BCUT2D eigenvalue weighted by molar-refractivity contribution is 6.42. The molecule has 0 aliphatic heterocycles. The van der Waals surface area contributed by atoms with Gasteiger partial charge >= 0.3 is 6.18 Å². The van der Waals surface area contributed by atoms with Crippen LogP contribution < -0.4 is 14.9 Å². The van der Waals surface area contributed by atoms with E-state index >= 15 is 0 Å². The van der Waals surface area contributed by atoms with Gasteiger partial charge in [0.25, 0.3) is 0 Å². The van der Waals surface area contributed by atoms with Gasteiger partial charge in [0, 0.05) is 0 Å². The first kappa shape index (κ1) is 22.8. The van der Waals surface area contributed by atoms with E-state index in [0.717, 1.165) is 17.7 Å². The van der Waals surface area contributed by atoms with Gasteiger partial charge < -0.3 is 9.47 Å². The third-order valence-electron chi connectivity index (χ3n) is 4.16. The van der Waals surface area contributed by atoms with Crippen LogP contribution in [0.4, 0.5) is 18.9 Å². The molecule has 0 fully saturated rings. The zero-order chi connectivity index (χ0) is 22.4. The Bertz CT molecular complexity index is 1090. The summed E-state index contributed by atoms with van der Waals surface area (Å²) >= 11 is 11.9. The minimum Gasteiger partial charge on any atom is -0.493 e. The minimum atomic E-state index is -4.41. The predicted octanol–water partition coefficient (Wildman–Crippen LogP) is 7.05. The summed E-state index contributed by atoms with van der Waals surface area (Å²) in [7, 11) is 1.50. The SMILES string of the molecule is COc1cc(C=NNc2cccc(C(F)(F)F)c2)ccc1OCc1ccc(Cl)c(Cl)c1. The number of ether oxygens (including phenoxy) is 2. The molecule has 31 heavy (non-hydrogen) atoms. The van der Waals surface area contributed by atoms with E-state index < -0.39 is 11.7 Å². The summed E-state index contributed by atoms with van der Waals surface area (Å²) in [6.07, 6.45) is -2.95. The first-order valence-corrected chi connectivity index (χ1v) is 9.73. The Balaban J connectivity index is 1.66. The molecule has 0 bridgehead atoms. The fourth-order valence-electron chi connectivity index (χ4n) is 2.62. The van der Waals surface area contributed by atoms with E-state index in [4.69, 9.17) is 32.7 Å². The van der Waals surface area contributed by atoms with Gasteiger partial charge in [0.05, 0.1) is 34.6 Å². The molecule has 3 rings (SSSR count). The molecule has 0 atom stereocenters. The number of rotatable bonds is 7. The first-order chi connectivity index (χ1) is 14.8. The highest BCUT2D eigenvalue weighted by Crippen LogP contribution is 2.31. The molecule has 3 aromatic carbocycles. The molecule has 4 nitrogen and oxygen atoms in total. The van der Waals surface area contributed by atoms with Crippen molar-refractivity contribution in [2.45, 2.75) is 12.8 Å². The summed E-state index contributed by atoms with van der Waals surface area (Å²) < 4.78 is 49.5. The van der Waals surface area contributed by atoms with Crippen LogP contribution in [-0.2, 0) is 12.8 Å². The average Bonchev–Trinajstić information content (AvgIpc) is 2.74. The topological polar surface area (TPSA) is 42.8 Å². The summed E-state index contributed by atoms with van der Waals surface area (Å²) in [6, 6.07) is 15.1.